The van der Waals surface area contributed by atoms with Gasteiger partial charge in [-0.25, -0.2) is 9.59 Å². The van der Waals surface area contributed by atoms with Crippen molar-refractivity contribution in [1.82, 2.24) is 19.4 Å². The van der Waals surface area contributed by atoms with Gasteiger partial charge in [-0.2, -0.15) is 0 Å². The van der Waals surface area contributed by atoms with Crippen molar-refractivity contribution < 1.29 is 19.1 Å². The fourth-order valence-electron chi connectivity index (χ4n) is 5.26. The molecule has 2 fully saturated rings. The molecule has 0 aliphatic carbocycles. The number of ether oxygens (including phenoxy) is 1. The number of likely N-dealkylation sites (tertiary alicyclic amines) is 1. The molecule has 1 atom stereocenters. The molecule has 0 saturated carbocycles. The van der Waals surface area contributed by atoms with Crippen LogP contribution in [0, 0.1) is 5.92 Å². The number of imidazole rings is 1. The molecule has 4 rings (SSSR count). The highest BCUT2D eigenvalue weighted by Gasteiger charge is 2.32. The monoisotopic (exact) mass is 484 g/mol. The van der Waals surface area contributed by atoms with Crippen molar-refractivity contribution >= 4 is 28.9 Å². The summed E-state index contributed by atoms with van der Waals surface area (Å²) in [5.41, 5.74) is 1.94. The number of hydrogen-bond donors (Lipinski definition) is 1. The first-order valence-electron chi connectivity index (χ1n) is 12.6. The molecule has 2 aliphatic rings. The van der Waals surface area contributed by atoms with E-state index >= 15 is 0 Å². The number of benzene rings is 1. The average molecular weight is 485 g/mol. The molecule has 2 aromatic rings. The largest absolute Gasteiger partial charge is 0.444 e. The number of aryl methyl sites for hydroxylation is 2. The molecule has 190 valence electrons. The summed E-state index contributed by atoms with van der Waals surface area (Å²) < 4.78 is 8.64. The first-order chi connectivity index (χ1) is 16.5. The van der Waals surface area contributed by atoms with Crippen LogP contribution in [-0.2, 0) is 27.8 Å². The Morgan fingerprint density at radius 3 is 2.49 bits per heavy atom. The number of amides is 3. The van der Waals surface area contributed by atoms with E-state index in [0.29, 0.717) is 12.3 Å². The summed E-state index contributed by atoms with van der Waals surface area (Å²) in [5, 5.41) is 2.36. The van der Waals surface area contributed by atoms with Crippen LogP contribution in [0.25, 0.3) is 11.0 Å². The zero-order valence-corrected chi connectivity index (χ0v) is 21.1. The number of carbonyl (C=O) groups is 3. The Balaban J connectivity index is 1.40. The van der Waals surface area contributed by atoms with Crippen LogP contribution in [0.15, 0.2) is 23.0 Å². The first-order valence-corrected chi connectivity index (χ1v) is 12.6. The Morgan fingerprint density at radius 1 is 1.11 bits per heavy atom. The Bertz CT molecular complexity index is 1180. The molecule has 9 nitrogen and oxygen atoms in total. The van der Waals surface area contributed by atoms with E-state index in [1.54, 1.807) is 16.5 Å². The lowest BCUT2D eigenvalue weighted by molar-refractivity contribution is -0.135. The topological polar surface area (TPSA) is 103 Å². The molecule has 3 amide bonds. The summed E-state index contributed by atoms with van der Waals surface area (Å²) in [5.74, 6) is -0.152. The van der Waals surface area contributed by atoms with Gasteiger partial charge in [0.05, 0.1) is 11.0 Å². The second kappa shape index (κ2) is 9.87. The molecule has 1 aromatic carbocycles. The second-order valence-electron chi connectivity index (χ2n) is 10.8. The minimum absolute atomic E-state index is 0.228. The number of carbonyl (C=O) groups excluding carboxylic acids is 3. The third-order valence-corrected chi connectivity index (χ3v) is 7.03. The lowest BCUT2D eigenvalue weighted by Gasteiger charge is -2.33. The summed E-state index contributed by atoms with van der Waals surface area (Å²) in [4.78, 5) is 51.2. The number of hydrogen-bond acceptors (Lipinski definition) is 5. The smallest absolute Gasteiger partial charge is 0.410 e. The van der Waals surface area contributed by atoms with Crippen LogP contribution in [0.2, 0.25) is 0 Å². The van der Waals surface area contributed by atoms with Crippen LogP contribution < -0.4 is 11.0 Å². The van der Waals surface area contributed by atoms with Crippen molar-refractivity contribution in [2.75, 3.05) is 13.1 Å². The summed E-state index contributed by atoms with van der Waals surface area (Å²) in [6, 6.07) is 5.17. The zero-order chi connectivity index (χ0) is 25.3. The van der Waals surface area contributed by atoms with Gasteiger partial charge in [0.1, 0.15) is 11.6 Å². The van der Waals surface area contributed by atoms with Crippen molar-refractivity contribution in [2.45, 2.75) is 77.4 Å². The minimum Gasteiger partial charge on any atom is -0.444 e. The second-order valence-corrected chi connectivity index (χ2v) is 10.8. The summed E-state index contributed by atoms with van der Waals surface area (Å²) in [6.07, 6.45) is 5.12. The van der Waals surface area contributed by atoms with E-state index in [4.69, 9.17) is 4.74 Å². The molecule has 3 heterocycles. The molecule has 1 aromatic heterocycles. The van der Waals surface area contributed by atoms with E-state index in [9.17, 15) is 19.2 Å². The van der Waals surface area contributed by atoms with Gasteiger partial charge in [-0.3, -0.25) is 24.0 Å². The van der Waals surface area contributed by atoms with Crippen LogP contribution >= 0.6 is 0 Å². The number of piperidine rings is 2. The van der Waals surface area contributed by atoms with Crippen LogP contribution in [0.4, 0.5) is 4.79 Å². The number of fused-ring (bicyclic) bond motifs is 1. The minimum atomic E-state index is -0.672. The molecule has 9 heteroatoms. The number of nitrogens with zero attached hydrogens (tertiary/aromatic N) is 3. The number of aromatic nitrogens is 2. The molecule has 0 spiro atoms. The third-order valence-electron chi connectivity index (χ3n) is 7.03. The van der Waals surface area contributed by atoms with Crippen molar-refractivity contribution in [3.05, 3.63) is 34.2 Å². The normalized spacial score (nSPS) is 19.8. The fourth-order valence-corrected chi connectivity index (χ4v) is 5.26. The molecule has 1 unspecified atom stereocenters. The van der Waals surface area contributed by atoms with Gasteiger partial charge in [-0.15, -0.1) is 0 Å². The lowest BCUT2D eigenvalue weighted by Crippen LogP contribution is -2.44. The van der Waals surface area contributed by atoms with Crippen LogP contribution in [-0.4, -0.2) is 50.6 Å². The van der Waals surface area contributed by atoms with E-state index in [1.807, 2.05) is 39.0 Å². The number of nitrogens with one attached hydrogen (secondary N) is 1. The SMILES string of the molecule is Cn1c(=O)n(C2CCC(=O)NC2=O)c2cccc(CCCC3CCN(C(=O)OC(C)(C)C)CC3)c21. The fraction of sp³-hybridized carbons (Fsp3) is 0.615. The molecule has 0 radical (unpaired) electrons. The van der Waals surface area contributed by atoms with Crippen LogP contribution in [0.1, 0.15) is 70.9 Å². The third kappa shape index (κ3) is 5.44. The maximum absolute atomic E-state index is 13.1. The molecular weight excluding hydrogens is 448 g/mol. The molecule has 1 N–H and O–H groups in total. The molecular formula is C26H36N4O5. The summed E-state index contributed by atoms with van der Waals surface area (Å²) in [7, 11) is 1.74. The number of rotatable bonds is 5. The van der Waals surface area contributed by atoms with Gasteiger partial charge in [0.25, 0.3) is 0 Å². The Hall–Kier alpha value is -3.10. The van der Waals surface area contributed by atoms with E-state index in [0.717, 1.165) is 61.8 Å². The molecule has 35 heavy (non-hydrogen) atoms. The highest BCUT2D eigenvalue weighted by atomic mass is 16.6. The quantitative estimate of drug-likeness (QED) is 0.656. The van der Waals surface area contributed by atoms with E-state index < -0.39 is 17.6 Å². The van der Waals surface area contributed by atoms with E-state index in [2.05, 4.69) is 5.32 Å². The summed E-state index contributed by atoms with van der Waals surface area (Å²) in [6.45, 7) is 7.09. The zero-order valence-electron chi connectivity index (χ0n) is 21.1. The van der Waals surface area contributed by atoms with Crippen LogP contribution in [0.5, 0.6) is 0 Å². The highest BCUT2D eigenvalue weighted by molar-refractivity contribution is 6.00. The van der Waals surface area contributed by atoms with Crippen molar-refractivity contribution in [3.8, 4) is 0 Å². The summed E-state index contributed by atoms with van der Waals surface area (Å²) >= 11 is 0. The standard InChI is InChI=1S/C26H36N4O5/c1-26(2,3)35-25(34)29-15-13-17(14-16-29)7-5-8-18-9-6-10-19-22(18)28(4)24(33)30(19)20-11-12-21(31)27-23(20)32/h6,9-10,17,20H,5,7-8,11-16H2,1-4H3,(H,27,31,32). The van der Waals surface area contributed by atoms with Gasteiger partial charge in [0, 0.05) is 26.6 Å². The number of imide groups is 1. The Kier molecular flexibility index (Phi) is 7.05. The molecule has 2 saturated heterocycles. The van der Waals surface area contributed by atoms with Gasteiger partial charge in [-0.05, 0) is 76.8 Å². The van der Waals surface area contributed by atoms with E-state index in [1.165, 1.54) is 4.57 Å². The molecule has 0 bridgehead atoms. The lowest BCUT2D eigenvalue weighted by atomic mass is 9.90. The maximum atomic E-state index is 13.1. The Morgan fingerprint density at radius 2 is 1.83 bits per heavy atom. The maximum Gasteiger partial charge on any atom is 0.410 e. The number of para-hydroxylation sites is 1. The first kappa shape index (κ1) is 25.0. The van der Waals surface area contributed by atoms with Crippen molar-refractivity contribution in [3.63, 3.8) is 0 Å². The predicted octanol–water partition coefficient (Wildman–Crippen LogP) is 3.29. The Labute approximate surface area is 205 Å². The van der Waals surface area contributed by atoms with Gasteiger partial charge in [-0.1, -0.05) is 12.1 Å². The predicted molar refractivity (Wildman–Crippen MR) is 132 cm³/mol. The average Bonchev–Trinajstić information content (AvgIpc) is 3.04. The van der Waals surface area contributed by atoms with E-state index in [-0.39, 0.29) is 24.1 Å². The van der Waals surface area contributed by atoms with Gasteiger partial charge in [0.15, 0.2) is 0 Å². The van der Waals surface area contributed by atoms with Gasteiger partial charge in [0.2, 0.25) is 11.8 Å². The van der Waals surface area contributed by atoms with Crippen LogP contribution in [0.3, 0.4) is 0 Å². The van der Waals surface area contributed by atoms with Crippen molar-refractivity contribution in [2.24, 2.45) is 13.0 Å². The van der Waals surface area contributed by atoms with Crippen molar-refractivity contribution in [1.29, 1.82) is 0 Å². The van der Waals surface area contributed by atoms with Gasteiger partial charge < -0.3 is 9.64 Å². The van der Waals surface area contributed by atoms with Gasteiger partial charge >= 0.3 is 11.8 Å². The molecule has 2 aliphatic heterocycles. The highest BCUT2D eigenvalue weighted by Crippen LogP contribution is 2.28.